The molecule has 0 spiro atoms. The summed E-state index contributed by atoms with van der Waals surface area (Å²) < 4.78 is 39.6. The summed E-state index contributed by atoms with van der Waals surface area (Å²) >= 11 is 0. The van der Waals surface area contributed by atoms with Crippen LogP contribution in [0, 0.1) is 0 Å². The molecule has 0 aromatic rings. The summed E-state index contributed by atoms with van der Waals surface area (Å²) in [4.78, 5) is 48.7. The fourth-order valence-electron chi connectivity index (χ4n) is 8.68. The van der Waals surface area contributed by atoms with E-state index in [0.717, 1.165) is 122 Å². The minimum absolute atomic E-state index is 0.151. The number of hydrogen-bond acceptors (Lipinski definition) is 10. The van der Waals surface area contributed by atoms with Gasteiger partial charge in [-0.1, -0.05) is 229 Å². The maximum Gasteiger partial charge on any atom is 0.472 e. The second kappa shape index (κ2) is 60.0. The first kappa shape index (κ1) is 74.9. The zero-order chi connectivity index (χ0) is 56.9. The Kier molecular flexibility index (Phi) is 57.7. The van der Waals surface area contributed by atoms with Crippen molar-refractivity contribution in [1.29, 1.82) is 0 Å². The second-order valence-corrected chi connectivity index (χ2v) is 22.7. The third-order valence-corrected chi connectivity index (χ3v) is 14.5. The van der Waals surface area contributed by atoms with Gasteiger partial charge in [0.1, 0.15) is 12.7 Å². The highest BCUT2D eigenvalue weighted by Crippen LogP contribution is 2.43. The summed E-state index contributed by atoms with van der Waals surface area (Å²) in [6, 6.07) is 0. The maximum atomic E-state index is 13.0. The standard InChI is InChI=1S/C66H117O11P/c1-4-7-10-13-16-19-22-25-27-29-31-33-35-38-40-43-46-49-52-55-64(68)73-59-63(77-66(70)57-54-51-48-45-42-39-36-34-32-30-28-26-23-20-17-14-11-8-5-2)61-75-78(71,72)74-60-62(58-67)76-65(69)56-53-50-47-44-41-37-24-21-18-15-12-9-6-3/h16-17,19-21,24-28,32,34,62-63,67H,4-15,18,22-23,29-31,33,35-61H2,1-3H3,(H,71,72)/b19-16-,20-17-,24-21-,27-25-,28-26-,34-32-. The van der Waals surface area contributed by atoms with Crippen molar-refractivity contribution in [3.63, 3.8) is 0 Å². The van der Waals surface area contributed by atoms with E-state index in [-0.39, 0.29) is 25.9 Å². The molecule has 0 aliphatic heterocycles. The Balaban J connectivity index is 4.74. The molecular weight excluding hydrogens is 1000 g/mol. The van der Waals surface area contributed by atoms with Crippen molar-refractivity contribution in [3.05, 3.63) is 72.9 Å². The van der Waals surface area contributed by atoms with Gasteiger partial charge in [0.2, 0.25) is 0 Å². The van der Waals surface area contributed by atoms with Crippen LogP contribution in [0.1, 0.15) is 290 Å². The summed E-state index contributed by atoms with van der Waals surface area (Å²) in [5, 5.41) is 9.83. The molecule has 0 fully saturated rings. The topological polar surface area (TPSA) is 155 Å². The van der Waals surface area contributed by atoms with E-state index in [1.54, 1.807) is 0 Å². The number of hydrogen-bond donors (Lipinski definition) is 2. The molecule has 0 rings (SSSR count). The van der Waals surface area contributed by atoms with Gasteiger partial charge in [-0.15, -0.1) is 0 Å². The molecule has 0 saturated carbocycles. The second-order valence-electron chi connectivity index (χ2n) is 21.2. The van der Waals surface area contributed by atoms with Crippen molar-refractivity contribution in [1.82, 2.24) is 0 Å². The molecule has 3 unspecified atom stereocenters. The van der Waals surface area contributed by atoms with E-state index in [0.29, 0.717) is 19.3 Å². The average molecular weight is 1120 g/mol. The largest absolute Gasteiger partial charge is 0.472 e. The van der Waals surface area contributed by atoms with Gasteiger partial charge in [-0.2, -0.15) is 0 Å². The Hall–Kier alpha value is -3.08. The number of esters is 3. The molecule has 0 heterocycles. The number of aliphatic hydroxyl groups is 1. The Morgan fingerprint density at radius 2 is 0.628 bits per heavy atom. The molecule has 452 valence electrons. The minimum atomic E-state index is -4.76. The van der Waals surface area contributed by atoms with Crippen LogP contribution in [-0.2, 0) is 42.2 Å². The Morgan fingerprint density at radius 3 is 1.00 bits per heavy atom. The number of aliphatic hydroxyl groups excluding tert-OH is 1. The highest BCUT2D eigenvalue weighted by atomic mass is 31.2. The number of allylic oxidation sites excluding steroid dienone is 12. The van der Waals surface area contributed by atoms with Crippen LogP contribution in [0.2, 0.25) is 0 Å². The number of carbonyl (C=O) groups is 3. The first-order valence-electron chi connectivity index (χ1n) is 31.8. The predicted molar refractivity (Wildman–Crippen MR) is 325 cm³/mol. The lowest BCUT2D eigenvalue weighted by Gasteiger charge is -2.21. The molecule has 12 heteroatoms. The van der Waals surface area contributed by atoms with Gasteiger partial charge in [0.25, 0.3) is 0 Å². The normalized spacial score (nSPS) is 13.8. The zero-order valence-corrected chi connectivity index (χ0v) is 51.0. The van der Waals surface area contributed by atoms with Gasteiger partial charge in [-0.25, -0.2) is 4.57 Å². The van der Waals surface area contributed by atoms with Gasteiger partial charge >= 0.3 is 25.7 Å². The number of phosphoric ester groups is 1. The Bertz CT molecular complexity index is 1590. The SMILES string of the molecule is CCCCC/C=C\C/C=C\C/C=C\CCCCCCCCC(=O)OC(COC(=O)CCCCCCCCCCC/C=C\C/C=C\CCCCC)COP(=O)(O)OCC(CO)OC(=O)CCCCCCC/C=C\CCCCCC. The molecular formula is C66H117O11P. The number of phosphoric acid groups is 1. The quantitative estimate of drug-likeness (QED) is 0.0197. The van der Waals surface area contributed by atoms with E-state index in [9.17, 15) is 28.9 Å². The van der Waals surface area contributed by atoms with Gasteiger partial charge in [0.15, 0.2) is 6.10 Å². The van der Waals surface area contributed by atoms with Crippen LogP contribution < -0.4 is 0 Å². The lowest BCUT2D eigenvalue weighted by molar-refractivity contribution is -0.161. The van der Waals surface area contributed by atoms with Gasteiger partial charge < -0.3 is 24.2 Å². The van der Waals surface area contributed by atoms with Crippen molar-refractivity contribution < 1.29 is 52.2 Å². The third-order valence-electron chi connectivity index (χ3n) is 13.6. The van der Waals surface area contributed by atoms with Crippen molar-refractivity contribution in [2.45, 2.75) is 303 Å². The van der Waals surface area contributed by atoms with Crippen LogP contribution in [0.5, 0.6) is 0 Å². The molecule has 0 aliphatic rings. The van der Waals surface area contributed by atoms with Crippen molar-refractivity contribution >= 4 is 25.7 Å². The summed E-state index contributed by atoms with van der Waals surface area (Å²) in [7, 11) is -4.76. The minimum Gasteiger partial charge on any atom is -0.462 e. The van der Waals surface area contributed by atoms with Crippen molar-refractivity contribution in [3.8, 4) is 0 Å². The van der Waals surface area contributed by atoms with Crippen LogP contribution in [0.3, 0.4) is 0 Å². The van der Waals surface area contributed by atoms with Crippen molar-refractivity contribution in [2.75, 3.05) is 26.4 Å². The van der Waals surface area contributed by atoms with E-state index in [2.05, 4.69) is 93.7 Å². The van der Waals surface area contributed by atoms with Gasteiger partial charge in [0, 0.05) is 19.3 Å². The predicted octanol–water partition coefficient (Wildman–Crippen LogP) is 19.3. The molecule has 0 amide bonds. The number of ether oxygens (including phenoxy) is 3. The average Bonchev–Trinajstić information content (AvgIpc) is 3.43. The van der Waals surface area contributed by atoms with Crippen LogP contribution in [-0.4, -0.2) is 66.5 Å². The lowest BCUT2D eigenvalue weighted by Crippen LogP contribution is -2.30. The van der Waals surface area contributed by atoms with Gasteiger partial charge in [-0.05, 0) is 116 Å². The van der Waals surface area contributed by atoms with Crippen LogP contribution in [0.15, 0.2) is 72.9 Å². The van der Waals surface area contributed by atoms with E-state index in [4.69, 9.17) is 23.3 Å². The van der Waals surface area contributed by atoms with Gasteiger partial charge in [-0.3, -0.25) is 23.4 Å². The van der Waals surface area contributed by atoms with E-state index in [1.165, 1.54) is 109 Å². The number of carbonyl (C=O) groups excluding carboxylic acids is 3. The maximum absolute atomic E-state index is 13.0. The van der Waals surface area contributed by atoms with E-state index in [1.807, 2.05) is 0 Å². The molecule has 0 bridgehead atoms. The summed E-state index contributed by atoms with van der Waals surface area (Å²) in [5.41, 5.74) is 0. The highest BCUT2D eigenvalue weighted by Gasteiger charge is 2.28. The Morgan fingerprint density at radius 1 is 0.359 bits per heavy atom. The van der Waals surface area contributed by atoms with Crippen molar-refractivity contribution in [2.24, 2.45) is 0 Å². The van der Waals surface area contributed by atoms with Gasteiger partial charge in [0.05, 0.1) is 19.8 Å². The smallest absolute Gasteiger partial charge is 0.462 e. The monoisotopic (exact) mass is 1120 g/mol. The molecule has 2 N–H and O–H groups in total. The lowest BCUT2D eigenvalue weighted by atomic mass is 10.1. The number of unbranched alkanes of at least 4 members (excludes halogenated alkanes) is 30. The van der Waals surface area contributed by atoms with E-state index < -0.39 is 57.8 Å². The van der Waals surface area contributed by atoms with Crippen LogP contribution >= 0.6 is 7.82 Å². The molecule has 3 atom stereocenters. The van der Waals surface area contributed by atoms with Crippen LogP contribution in [0.25, 0.3) is 0 Å². The summed E-state index contributed by atoms with van der Waals surface area (Å²) in [6.07, 6.45) is 68.5. The molecule has 78 heavy (non-hydrogen) atoms. The third kappa shape index (κ3) is 57.6. The fourth-order valence-corrected chi connectivity index (χ4v) is 9.47. The van der Waals surface area contributed by atoms with E-state index >= 15 is 0 Å². The first-order chi connectivity index (χ1) is 38.2. The summed E-state index contributed by atoms with van der Waals surface area (Å²) in [6.45, 7) is 4.58. The molecule has 11 nitrogen and oxygen atoms in total. The molecule has 0 radical (unpaired) electrons. The molecule has 0 aromatic heterocycles. The first-order valence-corrected chi connectivity index (χ1v) is 33.3. The van der Waals surface area contributed by atoms with Crippen LogP contribution in [0.4, 0.5) is 0 Å². The Labute approximate surface area is 478 Å². The summed E-state index contributed by atoms with van der Waals surface area (Å²) in [5.74, 6) is -1.48. The fraction of sp³-hybridized carbons (Fsp3) is 0.773. The number of rotatable bonds is 59. The molecule has 0 aromatic carbocycles. The highest BCUT2D eigenvalue weighted by molar-refractivity contribution is 7.47. The molecule has 0 saturated heterocycles. The molecule has 0 aliphatic carbocycles. The zero-order valence-electron chi connectivity index (χ0n) is 50.1.